The van der Waals surface area contributed by atoms with E-state index in [0.29, 0.717) is 16.9 Å². The maximum Gasteiger partial charge on any atom is 0.0911 e. The molecule has 1 aromatic heterocycles. The third kappa shape index (κ3) is 2.59. The quantitative estimate of drug-likeness (QED) is 0.675. The molecule has 1 aliphatic carbocycles. The third-order valence-corrected chi connectivity index (χ3v) is 6.46. The van der Waals surface area contributed by atoms with Crippen LogP contribution in [0, 0.1) is 11.8 Å². The van der Waals surface area contributed by atoms with Gasteiger partial charge in [0.25, 0.3) is 0 Å². The van der Waals surface area contributed by atoms with Gasteiger partial charge in [0, 0.05) is 34.2 Å². The van der Waals surface area contributed by atoms with Gasteiger partial charge in [-0.2, -0.15) is 5.10 Å². The van der Waals surface area contributed by atoms with Crippen molar-refractivity contribution in [3.63, 3.8) is 0 Å². The van der Waals surface area contributed by atoms with Crippen molar-refractivity contribution in [3.8, 4) is 0 Å². The van der Waals surface area contributed by atoms with E-state index in [1.807, 2.05) is 24.3 Å². The van der Waals surface area contributed by atoms with Crippen molar-refractivity contribution < 1.29 is 5.11 Å². The molecule has 2 N–H and O–H groups in total. The second-order valence-corrected chi connectivity index (χ2v) is 8.50. The number of hydrogen-bond donors (Lipinski definition) is 2. The number of hydrogen-bond acceptors (Lipinski definition) is 3. The summed E-state index contributed by atoms with van der Waals surface area (Å²) in [7, 11) is 0. The zero-order chi connectivity index (χ0) is 17.9. The number of aromatic amines is 1. The summed E-state index contributed by atoms with van der Waals surface area (Å²) in [6, 6.07) is 11.8. The smallest absolute Gasteiger partial charge is 0.0911 e. The summed E-state index contributed by atoms with van der Waals surface area (Å²) in [6.07, 6.45) is 3.29. The number of rotatable bonds is 2. The molecule has 1 aliphatic heterocycles. The number of fused-ring (bicyclic) bond motifs is 2. The molecule has 1 saturated heterocycles. The Morgan fingerprint density at radius 1 is 1.04 bits per heavy atom. The van der Waals surface area contributed by atoms with Gasteiger partial charge in [0.05, 0.1) is 17.3 Å². The monoisotopic (exact) mass is 387 g/mol. The molecule has 0 radical (unpaired) electrons. The Morgan fingerprint density at radius 3 is 2.42 bits per heavy atom. The first kappa shape index (κ1) is 16.4. The van der Waals surface area contributed by atoms with E-state index in [9.17, 15) is 5.11 Å². The molecule has 6 heteroatoms. The van der Waals surface area contributed by atoms with E-state index in [1.54, 1.807) is 6.20 Å². The van der Waals surface area contributed by atoms with Crippen LogP contribution < -0.4 is 4.90 Å². The van der Waals surface area contributed by atoms with Crippen molar-refractivity contribution >= 4 is 39.8 Å². The predicted molar refractivity (Wildman–Crippen MR) is 105 cm³/mol. The molecule has 2 aromatic carbocycles. The van der Waals surface area contributed by atoms with Crippen LogP contribution in [0.3, 0.4) is 0 Å². The number of nitrogens with one attached hydrogen (secondary N) is 1. The maximum absolute atomic E-state index is 11.5. The van der Waals surface area contributed by atoms with E-state index in [-0.39, 0.29) is 0 Å². The first-order chi connectivity index (χ1) is 12.5. The maximum atomic E-state index is 11.5. The van der Waals surface area contributed by atoms with E-state index >= 15 is 0 Å². The number of H-pyrrole nitrogens is 1. The predicted octanol–water partition coefficient (Wildman–Crippen LogP) is 4.60. The molecule has 3 atom stereocenters. The molecule has 26 heavy (non-hydrogen) atoms. The minimum Gasteiger partial charge on any atom is -0.385 e. The molecular formula is C20H19Cl2N3O. The second-order valence-electron chi connectivity index (χ2n) is 7.63. The molecular weight excluding hydrogens is 369 g/mol. The number of nitrogens with zero attached hydrogens (tertiary/aromatic N) is 2. The number of aromatic nitrogens is 2. The Hall–Kier alpha value is -1.75. The fraction of sp³-hybridized carbons (Fsp3) is 0.350. The molecule has 0 spiro atoms. The van der Waals surface area contributed by atoms with Crippen LogP contribution in [-0.2, 0) is 5.60 Å². The molecule has 134 valence electrons. The average molecular weight is 388 g/mol. The fourth-order valence-electron chi connectivity index (χ4n) is 4.84. The summed E-state index contributed by atoms with van der Waals surface area (Å²) in [5, 5.41) is 20.9. The molecule has 2 fully saturated rings. The number of halogens is 2. The molecule has 4 nitrogen and oxygen atoms in total. The zero-order valence-electron chi connectivity index (χ0n) is 14.1. The van der Waals surface area contributed by atoms with Gasteiger partial charge in [-0.05, 0) is 66.6 Å². The average Bonchev–Trinajstić information content (AvgIpc) is 3.28. The molecule has 2 aliphatic rings. The molecule has 0 amide bonds. The Balaban J connectivity index is 1.42. The highest BCUT2D eigenvalue weighted by Gasteiger charge is 2.49. The molecule has 1 saturated carbocycles. The van der Waals surface area contributed by atoms with Gasteiger partial charge in [-0.15, -0.1) is 0 Å². The Kier molecular flexibility index (Phi) is 3.71. The van der Waals surface area contributed by atoms with Crippen molar-refractivity contribution in [3.05, 3.63) is 58.2 Å². The van der Waals surface area contributed by atoms with E-state index in [4.69, 9.17) is 23.2 Å². The third-order valence-electron chi connectivity index (χ3n) is 5.99. The summed E-state index contributed by atoms with van der Waals surface area (Å²) >= 11 is 12.3. The fourth-order valence-corrected chi connectivity index (χ4v) is 5.18. The van der Waals surface area contributed by atoms with Crippen LogP contribution in [0.5, 0.6) is 0 Å². The molecule has 3 aromatic rings. The minimum atomic E-state index is -0.839. The van der Waals surface area contributed by atoms with Gasteiger partial charge in [-0.1, -0.05) is 23.2 Å². The Labute approximate surface area is 161 Å². The lowest BCUT2D eigenvalue weighted by molar-refractivity contribution is 0.0381. The van der Waals surface area contributed by atoms with Crippen molar-refractivity contribution in [2.24, 2.45) is 11.8 Å². The standard InChI is InChI=1S/C20H19Cl2N3O/c21-14-1-3-16(4-2-14)25-10-12-7-20(26,8-13(12)11-25)18-5-15(22)6-19-17(18)9-23-24-19/h1-6,9,12-13,26H,7-8,10-11H2,(H,23,24)/t12-,13+,20?. The number of benzene rings is 2. The van der Waals surface area contributed by atoms with E-state index in [0.717, 1.165) is 47.4 Å². The lowest BCUT2D eigenvalue weighted by Crippen LogP contribution is -2.28. The van der Waals surface area contributed by atoms with E-state index < -0.39 is 5.60 Å². The van der Waals surface area contributed by atoms with Crippen LogP contribution in [0.1, 0.15) is 18.4 Å². The first-order valence-corrected chi connectivity index (χ1v) is 9.63. The Bertz CT molecular complexity index is 955. The van der Waals surface area contributed by atoms with Gasteiger partial charge in [-0.3, -0.25) is 5.10 Å². The van der Waals surface area contributed by atoms with E-state index in [1.165, 1.54) is 5.69 Å². The lowest BCUT2D eigenvalue weighted by atomic mass is 9.88. The highest BCUT2D eigenvalue weighted by Crippen LogP contribution is 2.51. The van der Waals surface area contributed by atoms with Crippen LogP contribution in [0.4, 0.5) is 5.69 Å². The second kappa shape index (κ2) is 5.88. The number of anilines is 1. The van der Waals surface area contributed by atoms with Crippen molar-refractivity contribution in [1.29, 1.82) is 0 Å². The molecule has 0 bridgehead atoms. The summed E-state index contributed by atoms with van der Waals surface area (Å²) in [6.45, 7) is 1.92. The van der Waals surface area contributed by atoms with Gasteiger partial charge in [0.1, 0.15) is 0 Å². The normalized spacial score (nSPS) is 28.0. The van der Waals surface area contributed by atoms with Crippen LogP contribution in [0.25, 0.3) is 10.9 Å². The van der Waals surface area contributed by atoms with Gasteiger partial charge < -0.3 is 10.0 Å². The summed E-state index contributed by atoms with van der Waals surface area (Å²) in [5.74, 6) is 0.938. The molecule has 2 heterocycles. The zero-order valence-corrected chi connectivity index (χ0v) is 15.6. The molecule has 1 unspecified atom stereocenters. The van der Waals surface area contributed by atoms with Crippen LogP contribution in [0.2, 0.25) is 10.0 Å². The van der Waals surface area contributed by atoms with Gasteiger partial charge >= 0.3 is 0 Å². The van der Waals surface area contributed by atoms with Crippen LogP contribution in [0.15, 0.2) is 42.6 Å². The van der Waals surface area contributed by atoms with Crippen molar-refractivity contribution in [1.82, 2.24) is 10.2 Å². The van der Waals surface area contributed by atoms with Crippen molar-refractivity contribution in [2.75, 3.05) is 18.0 Å². The SMILES string of the molecule is OC1(c2cc(Cl)cc3[nH]ncc23)C[C@H]2CN(c3ccc(Cl)cc3)C[C@H]2C1. The van der Waals surface area contributed by atoms with Gasteiger partial charge in [0.2, 0.25) is 0 Å². The van der Waals surface area contributed by atoms with Gasteiger partial charge in [0.15, 0.2) is 0 Å². The highest BCUT2D eigenvalue weighted by molar-refractivity contribution is 6.31. The molecule has 5 rings (SSSR count). The lowest BCUT2D eigenvalue weighted by Gasteiger charge is -2.28. The Morgan fingerprint density at radius 2 is 1.73 bits per heavy atom. The van der Waals surface area contributed by atoms with Crippen molar-refractivity contribution in [2.45, 2.75) is 18.4 Å². The minimum absolute atomic E-state index is 0.469. The topological polar surface area (TPSA) is 52.1 Å². The van der Waals surface area contributed by atoms with Crippen LogP contribution >= 0.6 is 23.2 Å². The summed E-state index contributed by atoms with van der Waals surface area (Å²) < 4.78 is 0. The first-order valence-electron chi connectivity index (χ1n) is 8.88. The van der Waals surface area contributed by atoms with Gasteiger partial charge in [-0.25, -0.2) is 0 Å². The summed E-state index contributed by atoms with van der Waals surface area (Å²) in [5.41, 5.74) is 2.14. The summed E-state index contributed by atoms with van der Waals surface area (Å²) in [4.78, 5) is 2.40. The van der Waals surface area contributed by atoms with Crippen LogP contribution in [-0.4, -0.2) is 28.4 Å². The highest BCUT2D eigenvalue weighted by atomic mass is 35.5. The van der Waals surface area contributed by atoms with E-state index in [2.05, 4.69) is 27.2 Å². The number of aliphatic hydroxyl groups is 1. The largest absolute Gasteiger partial charge is 0.385 e.